The van der Waals surface area contributed by atoms with Crippen molar-refractivity contribution in [2.45, 2.75) is 20.4 Å². The standard InChI is InChI=1S/C20H22N4OS/c1-13(2)10-24-19-17(14(3)22(4)20(24)25)9-16(26-19)12-23-11-15-7-5-6-8-18(15)21-23/h5-9,11,13H,3,10,12H2,1-2,4H3. The van der Waals surface area contributed by atoms with Gasteiger partial charge < -0.3 is 0 Å². The molecule has 3 aromatic rings. The van der Waals surface area contributed by atoms with Crippen LogP contribution in [0.2, 0.25) is 0 Å². The number of amides is 2. The maximum absolute atomic E-state index is 12.7. The van der Waals surface area contributed by atoms with Gasteiger partial charge in [-0.3, -0.25) is 14.5 Å². The third-order valence-corrected chi connectivity index (χ3v) is 5.71. The highest BCUT2D eigenvalue weighted by Gasteiger charge is 2.33. The van der Waals surface area contributed by atoms with Crippen molar-refractivity contribution >= 4 is 39.0 Å². The lowest BCUT2D eigenvalue weighted by molar-refractivity contribution is 0.229. The number of carbonyl (C=O) groups excluding carboxylic acids is 1. The van der Waals surface area contributed by atoms with Crippen LogP contribution in [0.15, 0.2) is 43.1 Å². The first-order chi connectivity index (χ1) is 12.4. The van der Waals surface area contributed by atoms with Crippen LogP contribution in [0.1, 0.15) is 24.3 Å². The number of aromatic nitrogens is 2. The fourth-order valence-electron chi connectivity index (χ4n) is 3.26. The zero-order valence-electron chi connectivity index (χ0n) is 15.3. The van der Waals surface area contributed by atoms with Crippen molar-refractivity contribution in [3.8, 4) is 0 Å². The minimum atomic E-state index is -0.00516. The van der Waals surface area contributed by atoms with Crippen molar-refractivity contribution in [3.05, 3.63) is 53.5 Å². The third kappa shape index (κ3) is 2.80. The summed E-state index contributed by atoms with van der Waals surface area (Å²) in [6.07, 6.45) is 2.06. The molecular formula is C20H22N4OS. The van der Waals surface area contributed by atoms with Crippen LogP contribution in [-0.4, -0.2) is 34.3 Å². The van der Waals surface area contributed by atoms with Crippen LogP contribution >= 0.6 is 11.3 Å². The number of hydrogen-bond acceptors (Lipinski definition) is 3. The Labute approximate surface area is 157 Å². The Hall–Kier alpha value is -2.60. The summed E-state index contributed by atoms with van der Waals surface area (Å²) in [5.41, 5.74) is 2.80. The number of carbonyl (C=O) groups is 1. The summed E-state index contributed by atoms with van der Waals surface area (Å²) in [5.74, 6) is 0.397. The molecule has 1 aliphatic rings. The molecule has 5 nitrogen and oxygen atoms in total. The van der Waals surface area contributed by atoms with E-state index in [0.717, 1.165) is 27.2 Å². The predicted octanol–water partition coefficient (Wildman–Crippen LogP) is 4.64. The molecule has 1 aromatic carbocycles. The van der Waals surface area contributed by atoms with Crippen LogP contribution in [0.5, 0.6) is 0 Å². The molecule has 0 fully saturated rings. The summed E-state index contributed by atoms with van der Waals surface area (Å²) in [4.78, 5) is 17.4. The van der Waals surface area contributed by atoms with Crippen molar-refractivity contribution in [1.82, 2.24) is 14.7 Å². The maximum atomic E-state index is 12.7. The van der Waals surface area contributed by atoms with Crippen LogP contribution in [0.25, 0.3) is 16.6 Å². The molecule has 0 unspecified atom stereocenters. The lowest BCUT2D eigenvalue weighted by atomic mass is 10.1. The molecule has 0 N–H and O–H groups in total. The smallest absolute Gasteiger partial charge is 0.297 e. The molecule has 2 amide bonds. The maximum Gasteiger partial charge on any atom is 0.329 e. The number of anilines is 1. The molecule has 4 rings (SSSR count). The van der Waals surface area contributed by atoms with E-state index in [1.165, 1.54) is 4.88 Å². The first kappa shape index (κ1) is 16.8. The molecule has 26 heavy (non-hydrogen) atoms. The fourth-order valence-corrected chi connectivity index (χ4v) is 4.43. The highest BCUT2D eigenvalue weighted by Crippen LogP contribution is 2.41. The van der Waals surface area contributed by atoms with E-state index in [1.54, 1.807) is 23.3 Å². The molecule has 0 bridgehead atoms. The molecule has 0 radical (unpaired) electrons. The zero-order chi connectivity index (χ0) is 18.4. The molecule has 0 atom stereocenters. The molecule has 3 heterocycles. The Morgan fingerprint density at radius 2 is 2.04 bits per heavy atom. The van der Waals surface area contributed by atoms with Gasteiger partial charge in [0.25, 0.3) is 0 Å². The number of hydrogen-bond donors (Lipinski definition) is 0. The van der Waals surface area contributed by atoms with Gasteiger partial charge in [-0.05, 0) is 18.1 Å². The summed E-state index contributed by atoms with van der Waals surface area (Å²) < 4.78 is 1.96. The lowest BCUT2D eigenvalue weighted by Gasteiger charge is -2.35. The molecule has 0 saturated heterocycles. The average molecular weight is 366 g/mol. The van der Waals surface area contributed by atoms with Crippen molar-refractivity contribution in [2.24, 2.45) is 5.92 Å². The van der Waals surface area contributed by atoms with Gasteiger partial charge in [0.2, 0.25) is 0 Å². The zero-order valence-corrected chi connectivity index (χ0v) is 16.1. The lowest BCUT2D eigenvalue weighted by Crippen LogP contribution is -2.45. The van der Waals surface area contributed by atoms with Crippen LogP contribution in [0.3, 0.4) is 0 Å². The molecule has 6 heteroatoms. The van der Waals surface area contributed by atoms with E-state index in [4.69, 9.17) is 0 Å². The number of urea groups is 1. The molecule has 0 aliphatic carbocycles. The van der Waals surface area contributed by atoms with E-state index in [2.05, 4.69) is 43.9 Å². The van der Waals surface area contributed by atoms with E-state index >= 15 is 0 Å². The van der Waals surface area contributed by atoms with Gasteiger partial charge >= 0.3 is 6.03 Å². The Morgan fingerprint density at radius 1 is 1.27 bits per heavy atom. The second kappa shape index (κ2) is 6.29. The Bertz CT molecular complexity index is 967. The van der Waals surface area contributed by atoms with E-state index in [9.17, 15) is 4.79 Å². The minimum absolute atomic E-state index is 0.00516. The number of thiophene rings is 1. The van der Waals surface area contributed by atoms with Gasteiger partial charge in [0.15, 0.2) is 0 Å². The predicted molar refractivity (Wildman–Crippen MR) is 108 cm³/mol. The second-order valence-corrected chi connectivity index (χ2v) is 8.22. The van der Waals surface area contributed by atoms with Gasteiger partial charge in [0, 0.05) is 41.3 Å². The molecule has 0 saturated carbocycles. The van der Waals surface area contributed by atoms with Gasteiger partial charge in [-0.1, -0.05) is 38.6 Å². The minimum Gasteiger partial charge on any atom is -0.297 e. The van der Waals surface area contributed by atoms with Crippen LogP contribution in [0, 0.1) is 5.92 Å². The van der Waals surface area contributed by atoms with Crippen LogP contribution < -0.4 is 4.90 Å². The molecule has 2 aromatic heterocycles. The Morgan fingerprint density at radius 3 is 2.77 bits per heavy atom. The van der Waals surface area contributed by atoms with E-state index in [1.807, 2.05) is 27.8 Å². The Kier molecular flexibility index (Phi) is 4.07. The fraction of sp³-hybridized carbons (Fsp3) is 0.300. The van der Waals surface area contributed by atoms with Gasteiger partial charge in [-0.15, -0.1) is 11.3 Å². The molecule has 0 spiro atoms. The monoisotopic (exact) mass is 366 g/mol. The van der Waals surface area contributed by atoms with Gasteiger partial charge in [-0.25, -0.2) is 4.79 Å². The van der Waals surface area contributed by atoms with Gasteiger partial charge in [0.05, 0.1) is 12.1 Å². The summed E-state index contributed by atoms with van der Waals surface area (Å²) in [6.45, 7) is 9.76. The van der Waals surface area contributed by atoms with Crippen molar-refractivity contribution in [1.29, 1.82) is 0 Å². The molecule has 134 valence electrons. The quantitative estimate of drug-likeness (QED) is 0.675. The van der Waals surface area contributed by atoms with E-state index in [0.29, 0.717) is 19.0 Å². The topological polar surface area (TPSA) is 41.4 Å². The molecular weight excluding hydrogens is 344 g/mol. The number of fused-ring (bicyclic) bond motifs is 2. The summed E-state index contributed by atoms with van der Waals surface area (Å²) in [5, 5.41) is 6.77. The van der Waals surface area contributed by atoms with Crippen molar-refractivity contribution < 1.29 is 4.79 Å². The molecule has 1 aliphatic heterocycles. The highest BCUT2D eigenvalue weighted by molar-refractivity contribution is 7.16. The van der Waals surface area contributed by atoms with Crippen molar-refractivity contribution in [2.75, 3.05) is 18.5 Å². The Balaban J connectivity index is 1.69. The number of rotatable bonds is 4. The summed E-state index contributed by atoms with van der Waals surface area (Å²) >= 11 is 1.66. The average Bonchev–Trinajstić information content (AvgIpc) is 3.20. The number of nitrogens with zero attached hydrogens (tertiary/aromatic N) is 4. The van der Waals surface area contributed by atoms with Gasteiger partial charge in [0.1, 0.15) is 5.00 Å². The first-order valence-corrected chi connectivity index (χ1v) is 9.55. The van der Waals surface area contributed by atoms with Crippen molar-refractivity contribution in [3.63, 3.8) is 0 Å². The van der Waals surface area contributed by atoms with Crippen LogP contribution in [0.4, 0.5) is 9.80 Å². The van der Waals surface area contributed by atoms with Crippen LogP contribution in [-0.2, 0) is 6.54 Å². The largest absolute Gasteiger partial charge is 0.329 e. The summed E-state index contributed by atoms with van der Waals surface area (Å²) in [7, 11) is 1.79. The normalized spacial score (nSPS) is 14.6. The summed E-state index contributed by atoms with van der Waals surface area (Å²) in [6, 6.07) is 10.2. The van der Waals surface area contributed by atoms with E-state index < -0.39 is 0 Å². The SMILES string of the molecule is C=C1c2cc(Cn3cc4ccccc4n3)sc2N(CC(C)C)C(=O)N1C. The first-order valence-electron chi connectivity index (χ1n) is 8.73. The van der Waals surface area contributed by atoms with Gasteiger partial charge in [-0.2, -0.15) is 5.10 Å². The van der Waals surface area contributed by atoms with E-state index in [-0.39, 0.29) is 6.03 Å². The highest BCUT2D eigenvalue weighted by atomic mass is 32.1. The third-order valence-electron chi connectivity index (χ3n) is 4.57. The second-order valence-electron chi connectivity index (χ2n) is 7.11. The number of benzene rings is 1.